The maximum atomic E-state index is 6.41. The van der Waals surface area contributed by atoms with Crippen LogP contribution in [0, 0.1) is 5.92 Å². The average molecular weight is 268 g/mol. The van der Waals surface area contributed by atoms with E-state index in [9.17, 15) is 0 Å². The Labute approximate surface area is 117 Å². The highest BCUT2D eigenvalue weighted by atomic mass is 16.6. The van der Waals surface area contributed by atoms with E-state index in [4.69, 9.17) is 14.2 Å². The van der Waals surface area contributed by atoms with E-state index >= 15 is 0 Å². The van der Waals surface area contributed by atoms with Gasteiger partial charge in [-0.1, -0.05) is 25.5 Å². The van der Waals surface area contributed by atoms with Crippen LogP contribution in [0.4, 0.5) is 0 Å². The molecule has 0 radical (unpaired) electrons. The van der Waals surface area contributed by atoms with Gasteiger partial charge in [-0.15, -0.1) is 0 Å². The van der Waals surface area contributed by atoms with Crippen molar-refractivity contribution in [2.45, 2.75) is 70.9 Å². The van der Waals surface area contributed by atoms with Gasteiger partial charge in [0.25, 0.3) is 0 Å². The quantitative estimate of drug-likeness (QED) is 0.716. The van der Waals surface area contributed by atoms with E-state index in [-0.39, 0.29) is 23.4 Å². The number of allylic oxidation sites excluding steroid dienone is 1. The van der Waals surface area contributed by atoms with Crippen LogP contribution < -0.4 is 0 Å². The first-order valence-electron chi connectivity index (χ1n) is 7.32. The number of ether oxygens (including phenoxy) is 3. The molecule has 0 aliphatic carbocycles. The molecule has 0 aromatic carbocycles. The van der Waals surface area contributed by atoms with E-state index < -0.39 is 0 Å². The molecule has 2 aliphatic heterocycles. The van der Waals surface area contributed by atoms with Gasteiger partial charge in [-0.3, -0.25) is 0 Å². The molecule has 0 aromatic rings. The molecule has 2 aliphatic rings. The van der Waals surface area contributed by atoms with Crippen LogP contribution in [-0.2, 0) is 14.2 Å². The molecule has 2 fully saturated rings. The third kappa shape index (κ3) is 2.48. The fraction of sp³-hybridized carbons (Fsp3) is 0.875. The van der Waals surface area contributed by atoms with Crippen molar-refractivity contribution in [1.82, 2.24) is 0 Å². The van der Waals surface area contributed by atoms with Crippen molar-refractivity contribution in [1.29, 1.82) is 0 Å². The number of methoxy groups -OCH3 is 1. The smallest absolute Gasteiger partial charge is 0.100 e. The highest BCUT2D eigenvalue weighted by molar-refractivity contribution is 5.15. The van der Waals surface area contributed by atoms with Crippen molar-refractivity contribution in [3.05, 3.63) is 11.6 Å². The molecule has 19 heavy (non-hydrogen) atoms. The molecule has 0 aromatic heterocycles. The molecule has 2 rings (SSSR count). The lowest BCUT2D eigenvalue weighted by Crippen LogP contribution is -2.48. The molecule has 0 unspecified atom stereocenters. The van der Waals surface area contributed by atoms with Crippen molar-refractivity contribution >= 4 is 0 Å². The van der Waals surface area contributed by atoms with Gasteiger partial charge in [-0.2, -0.15) is 0 Å². The van der Waals surface area contributed by atoms with Gasteiger partial charge in [0.1, 0.15) is 5.60 Å². The molecule has 110 valence electrons. The molecule has 2 saturated heterocycles. The van der Waals surface area contributed by atoms with Crippen molar-refractivity contribution < 1.29 is 14.2 Å². The maximum Gasteiger partial charge on any atom is 0.100 e. The summed E-state index contributed by atoms with van der Waals surface area (Å²) in [6, 6.07) is 0. The Morgan fingerprint density at radius 2 is 2.00 bits per heavy atom. The zero-order chi connectivity index (χ0) is 14.3. The van der Waals surface area contributed by atoms with Gasteiger partial charge in [0.15, 0.2) is 0 Å². The second-order valence-corrected chi connectivity index (χ2v) is 6.76. The van der Waals surface area contributed by atoms with E-state index in [1.165, 1.54) is 5.57 Å². The second kappa shape index (κ2) is 5.19. The Kier molecular flexibility index (Phi) is 4.10. The summed E-state index contributed by atoms with van der Waals surface area (Å²) >= 11 is 0. The summed E-state index contributed by atoms with van der Waals surface area (Å²) in [4.78, 5) is 0. The van der Waals surface area contributed by atoms with Gasteiger partial charge in [0.05, 0.1) is 24.4 Å². The Morgan fingerprint density at radius 3 is 2.53 bits per heavy atom. The predicted molar refractivity (Wildman–Crippen MR) is 76.3 cm³/mol. The Hall–Kier alpha value is -0.380. The second-order valence-electron chi connectivity index (χ2n) is 6.76. The summed E-state index contributed by atoms with van der Waals surface area (Å²) in [6.45, 7) is 11.5. The molecule has 3 nitrogen and oxygen atoms in total. The first-order chi connectivity index (χ1) is 8.84. The zero-order valence-electron chi connectivity index (χ0n) is 13.2. The SMILES string of the molecule is CO[C@H]1C[C@]2(C)O[C@@]1(C(C)C)C[C@H]2OCC=C(C)C. The lowest BCUT2D eigenvalue weighted by molar-refractivity contribution is -0.111. The van der Waals surface area contributed by atoms with E-state index in [0.717, 1.165) is 12.8 Å². The van der Waals surface area contributed by atoms with Gasteiger partial charge < -0.3 is 14.2 Å². The summed E-state index contributed by atoms with van der Waals surface area (Å²) in [5.74, 6) is 0.441. The lowest BCUT2D eigenvalue weighted by atomic mass is 9.73. The lowest BCUT2D eigenvalue weighted by Gasteiger charge is -2.37. The van der Waals surface area contributed by atoms with Crippen LogP contribution in [0.2, 0.25) is 0 Å². The third-order valence-electron chi connectivity index (χ3n) is 4.80. The zero-order valence-corrected chi connectivity index (χ0v) is 13.2. The molecule has 0 saturated carbocycles. The molecular weight excluding hydrogens is 240 g/mol. The van der Waals surface area contributed by atoms with Crippen LogP contribution in [0.1, 0.15) is 47.5 Å². The third-order valence-corrected chi connectivity index (χ3v) is 4.80. The van der Waals surface area contributed by atoms with Crippen LogP contribution in [0.3, 0.4) is 0 Å². The highest BCUT2D eigenvalue weighted by Gasteiger charge is 2.66. The number of hydrogen-bond acceptors (Lipinski definition) is 3. The van der Waals surface area contributed by atoms with Crippen LogP contribution in [-0.4, -0.2) is 37.1 Å². The van der Waals surface area contributed by atoms with Crippen LogP contribution in [0.25, 0.3) is 0 Å². The number of rotatable bonds is 5. The van der Waals surface area contributed by atoms with E-state index in [1.54, 1.807) is 7.11 Å². The molecule has 0 spiro atoms. The van der Waals surface area contributed by atoms with Crippen molar-refractivity contribution in [3.63, 3.8) is 0 Å². The van der Waals surface area contributed by atoms with Crippen LogP contribution >= 0.6 is 0 Å². The van der Waals surface area contributed by atoms with E-state index in [0.29, 0.717) is 12.5 Å². The summed E-state index contributed by atoms with van der Waals surface area (Å²) in [5, 5.41) is 0. The molecule has 0 amide bonds. The van der Waals surface area contributed by atoms with E-state index in [1.807, 2.05) is 0 Å². The highest BCUT2D eigenvalue weighted by Crippen LogP contribution is 2.55. The minimum Gasteiger partial charge on any atom is -0.378 e. The van der Waals surface area contributed by atoms with Gasteiger partial charge in [-0.25, -0.2) is 0 Å². The summed E-state index contributed by atoms with van der Waals surface area (Å²) in [7, 11) is 1.79. The van der Waals surface area contributed by atoms with Gasteiger partial charge >= 0.3 is 0 Å². The molecule has 2 heterocycles. The maximum absolute atomic E-state index is 6.41. The molecule has 2 bridgehead atoms. The Bertz CT molecular complexity index is 359. The summed E-state index contributed by atoms with van der Waals surface area (Å²) in [5.41, 5.74) is 0.933. The normalized spacial score (nSPS) is 41.0. The van der Waals surface area contributed by atoms with E-state index in [2.05, 4.69) is 40.7 Å². The minimum absolute atomic E-state index is 0.168. The van der Waals surface area contributed by atoms with Crippen LogP contribution in [0.5, 0.6) is 0 Å². The topological polar surface area (TPSA) is 27.7 Å². The standard InChI is InChI=1S/C16H28O3/c1-11(2)7-8-18-13-10-16(12(3)4)14(17-6)9-15(13,5)19-16/h7,12-14H,8-10H2,1-6H3/t13-,14+,15+,16-/m1/s1. The molecule has 4 atom stereocenters. The Balaban J connectivity index is 2.10. The first kappa shape index (κ1) is 15.0. The van der Waals surface area contributed by atoms with Crippen molar-refractivity contribution in [2.24, 2.45) is 5.92 Å². The van der Waals surface area contributed by atoms with Gasteiger partial charge in [0, 0.05) is 20.0 Å². The largest absolute Gasteiger partial charge is 0.378 e. The Morgan fingerprint density at radius 1 is 1.32 bits per heavy atom. The average Bonchev–Trinajstić information content (AvgIpc) is 2.77. The van der Waals surface area contributed by atoms with Gasteiger partial charge in [-0.05, 0) is 26.7 Å². The number of fused-ring (bicyclic) bond motifs is 2. The summed E-state index contributed by atoms with van der Waals surface area (Å²) < 4.78 is 18.1. The van der Waals surface area contributed by atoms with Crippen molar-refractivity contribution in [2.75, 3.05) is 13.7 Å². The summed E-state index contributed by atoms with van der Waals surface area (Å²) in [6.07, 6.45) is 4.38. The number of hydrogen-bond donors (Lipinski definition) is 0. The molecule has 0 N–H and O–H groups in total. The fourth-order valence-electron chi connectivity index (χ4n) is 3.53. The van der Waals surface area contributed by atoms with Crippen molar-refractivity contribution in [3.8, 4) is 0 Å². The molecule has 3 heteroatoms. The fourth-order valence-corrected chi connectivity index (χ4v) is 3.53. The van der Waals surface area contributed by atoms with Gasteiger partial charge in [0.2, 0.25) is 0 Å². The monoisotopic (exact) mass is 268 g/mol. The minimum atomic E-state index is -0.194. The molecular formula is C16H28O3. The first-order valence-corrected chi connectivity index (χ1v) is 7.32. The predicted octanol–water partition coefficient (Wildman–Crippen LogP) is 3.33. The van der Waals surface area contributed by atoms with Crippen LogP contribution in [0.15, 0.2) is 11.6 Å².